The molecule has 2 aromatic heterocycles. The molecule has 0 saturated carbocycles. The molecule has 0 aliphatic heterocycles. The van der Waals surface area contributed by atoms with Gasteiger partial charge in [-0.05, 0) is 42.5 Å². The first-order valence-electron chi connectivity index (χ1n) is 6.95. The second-order valence-electron chi connectivity index (χ2n) is 4.94. The monoisotopic (exact) mass is 401 g/mol. The Bertz CT molecular complexity index is 619. The van der Waals surface area contributed by atoms with Gasteiger partial charge in [0.2, 0.25) is 5.91 Å². The third-order valence-electron chi connectivity index (χ3n) is 3.51. The molecule has 0 atom stereocenters. The van der Waals surface area contributed by atoms with Crippen molar-refractivity contribution in [3.63, 3.8) is 0 Å². The van der Waals surface area contributed by atoms with Gasteiger partial charge in [-0.2, -0.15) is 10.2 Å². The minimum atomic E-state index is 0.115. The van der Waals surface area contributed by atoms with Gasteiger partial charge in [0, 0.05) is 38.4 Å². The molecule has 7 heteroatoms. The molecule has 0 bridgehead atoms. The third-order valence-corrected chi connectivity index (χ3v) is 4.57. The number of nitrogens with zero attached hydrogens (tertiary/aromatic N) is 5. The Hall–Kier alpha value is -1.38. The molecule has 0 unspecified atom stereocenters. The largest absolute Gasteiger partial charge is 0.340 e. The van der Waals surface area contributed by atoms with Gasteiger partial charge in [-0.1, -0.05) is 0 Å². The zero-order valence-electron chi connectivity index (χ0n) is 12.6. The van der Waals surface area contributed by atoms with Crippen molar-refractivity contribution in [2.75, 3.05) is 7.05 Å². The van der Waals surface area contributed by atoms with Crippen LogP contribution < -0.4 is 0 Å². The van der Waals surface area contributed by atoms with E-state index in [1.54, 1.807) is 11.1 Å². The van der Waals surface area contributed by atoms with Crippen molar-refractivity contribution in [3.8, 4) is 0 Å². The highest BCUT2D eigenvalue weighted by Gasteiger charge is 2.13. The quantitative estimate of drug-likeness (QED) is 0.697. The molecule has 0 aliphatic rings. The van der Waals surface area contributed by atoms with Crippen LogP contribution in [0.25, 0.3) is 0 Å². The Morgan fingerprint density at radius 2 is 2.14 bits per heavy atom. The molecule has 2 aromatic rings. The second kappa shape index (κ2) is 7.06. The average Bonchev–Trinajstić information content (AvgIpc) is 3.04. The zero-order valence-corrected chi connectivity index (χ0v) is 14.7. The molecule has 0 spiro atoms. The van der Waals surface area contributed by atoms with E-state index in [1.165, 1.54) is 0 Å². The van der Waals surface area contributed by atoms with Crippen LogP contribution in [0.5, 0.6) is 0 Å². The maximum Gasteiger partial charge on any atom is 0.224 e. The van der Waals surface area contributed by atoms with Crippen LogP contribution in [0.15, 0.2) is 18.5 Å². The molecule has 0 aromatic carbocycles. The van der Waals surface area contributed by atoms with Gasteiger partial charge in [-0.15, -0.1) is 0 Å². The number of amides is 1. The highest BCUT2D eigenvalue weighted by atomic mass is 127. The summed E-state index contributed by atoms with van der Waals surface area (Å²) in [6.07, 6.45) is 4.05. The van der Waals surface area contributed by atoms with Crippen LogP contribution in [0.4, 0.5) is 0 Å². The van der Waals surface area contributed by atoms with E-state index in [9.17, 15) is 4.79 Å². The lowest BCUT2D eigenvalue weighted by Gasteiger charge is -2.18. The van der Waals surface area contributed by atoms with Gasteiger partial charge in [0.05, 0.1) is 22.0 Å². The maximum atomic E-state index is 12.2. The van der Waals surface area contributed by atoms with Crippen LogP contribution in [-0.2, 0) is 24.4 Å². The molecular formula is C14H20IN5O. The van der Waals surface area contributed by atoms with E-state index in [4.69, 9.17) is 0 Å². The molecule has 21 heavy (non-hydrogen) atoms. The number of aryl methyl sites for hydroxylation is 2. The second-order valence-corrected chi connectivity index (χ2v) is 6.10. The van der Waals surface area contributed by atoms with Gasteiger partial charge in [0.15, 0.2) is 0 Å². The summed E-state index contributed by atoms with van der Waals surface area (Å²) < 4.78 is 4.91. The number of hydrogen-bond donors (Lipinski definition) is 0. The zero-order chi connectivity index (χ0) is 15.4. The van der Waals surface area contributed by atoms with Gasteiger partial charge >= 0.3 is 0 Å². The highest BCUT2D eigenvalue weighted by Crippen LogP contribution is 2.11. The molecule has 1 amide bonds. The van der Waals surface area contributed by atoms with Crippen molar-refractivity contribution >= 4 is 28.5 Å². The number of carbonyl (C=O) groups excluding carboxylic acids is 1. The maximum absolute atomic E-state index is 12.2. The number of halogens is 1. The molecule has 0 radical (unpaired) electrons. The fourth-order valence-electron chi connectivity index (χ4n) is 2.15. The predicted octanol–water partition coefficient (Wildman–Crippen LogP) is 2.06. The van der Waals surface area contributed by atoms with Crippen molar-refractivity contribution in [2.45, 2.75) is 39.9 Å². The van der Waals surface area contributed by atoms with Crippen LogP contribution in [0.2, 0.25) is 0 Å². The molecule has 0 saturated heterocycles. The summed E-state index contributed by atoms with van der Waals surface area (Å²) in [5, 5.41) is 8.49. The first-order chi connectivity index (χ1) is 10.0. The number of aromatic nitrogens is 4. The lowest BCUT2D eigenvalue weighted by molar-refractivity contribution is -0.130. The summed E-state index contributed by atoms with van der Waals surface area (Å²) in [4.78, 5) is 14.0. The number of carbonyl (C=O) groups is 1. The minimum absolute atomic E-state index is 0.115. The van der Waals surface area contributed by atoms with E-state index < -0.39 is 0 Å². The predicted molar refractivity (Wildman–Crippen MR) is 88.7 cm³/mol. The molecule has 2 heterocycles. The van der Waals surface area contributed by atoms with Gasteiger partial charge in [-0.25, -0.2) is 0 Å². The van der Waals surface area contributed by atoms with Crippen molar-refractivity contribution < 1.29 is 4.79 Å². The molecule has 2 rings (SSSR count). The Balaban J connectivity index is 1.89. The van der Waals surface area contributed by atoms with E-state index in [1.807, 2.05) is 42.5 Å². The van der Waals surface area contributed by atoms with Crippen molar-refractivity contribution in [1.29, 1.82) is 0 Å². The van der Waals surface area contributed by atoms with Gasteiger partial charge in [-0.3, -0.25) is 14.2 Å². The minimum Gasteiger partial charge on any atom is -0.340 e. The van der Waals surface area contributed by atoms with E-state index in [-0.39, 0.29) is 5.91 Å². The summed E-state index contributed by atoms with van der Waals surface area (Å²) in [5.74, 6) is 0.115. The first kappa shape index (κ1) is 16.0. The van der Waals surface area contributed by atoms with E-state index in [2.05, 4.69) is 32.8 Å². The first-order valence-corrected chi connectivity index (χ1v) is 8.03. The molecule has 114 valence electrons. The van der Waals surface area contributed by atoms with Crippen molar-refractivity contribution in [2.24, 2.45) is 0 Å². The number of hydrogen-bond acceptors (Lipinski definition) is 3. The fourth-order valence-corrected chi connectivity index (χ4v) is 2.55. The van der Waals surface area contributed by atoms with Crippen molar-refractivity contribution in [3.05, 3.63) is 33.4 Å². The summed E-state index contributed by atoms with van der Waals surface area (Å²) >= 11 is 2.25. The summed E-state index contributed by atoms with van der Waals surface area (Å²) in [6.45, 7) is 6.08. The van der Waals surface area contributed by atoms with E-state index >= 15 is 0 Å². The number of rotatable bonds is 6. The summed E-state index contributed by atoms with van der Waals surface area (Å²) in [5.41, 5.74) is 2.16. The SMILES string of the molecule is CCn1nccc1CN(C)C(=O)CCn1ncc(I)c1C. The van der Waals surface area contributed by atoms with E-state index in [0.717, 1.165) is 21.5 Å². The van der Waals surface area contributed by atoms with Crippen LogP contribution in [0.1, 0.15) is 24.7 Å². The molecule has 0 aliphatic carbocycles. The molecule has 0 fully saturated rings. The Morgan fingerprint density at radius 1 is 1.38 bits per heavy atom. The van der Waals surface area contributed by atoms with E-state index in [0.29, 0.717) is 19.5 Å². The van der Waals surface area contributed by atoms with Gasteiger partial charge < -0.3 is 4.90 Å². The van der Waals surface area contributed by atoms with Crippen molar-refractivity contribution in [1.82, 2.24) is 24.5 Å². The molecule has 0 N–H and O–H groups in total. The average molecular weight is 401 g/mol. The molecule has 6 nitrogen and oxygen atoms in total. The standard InChI is InChI=1S/C14H20IN5O/c1-4-19-12(5-7-16-19)10-18(3)14(21)6-8-20-11(2)13(15)9-17-20/h5,7,9H,4,6,8,10H2,1-3H3. The highest BCUT2D eigenvalue weighted by molar-refractivity contribution is 14.1. The smallest absolute Gasteiger partial charge is 0.224 e. The lowest BCUT2D eigenvalue weighted by atomic mass is 10.3. The molecular weight excluding hydrogens is 381 g/mol. The Labute approximate surface area is 138 Å². The van der Waals surface area contributed by atoms with Crippen LogP contribution in [0.3, 0.4) is 0 Å². The summed E-state index contributed by atoms with van der Waals surface area (Å²) in [6, 6.07) is 1.95. The van der Waals surface area contributed by atoms with Crippen LogP contribution in [0, 0.1) is 10.5 Å². The van der Waals surface area contributed by atoms with Gasteiger partial charge in [0.25, 0.3) is 0 Å². The topological polar surface area (TPSA) is 56.0 Å². The fraction of sp³-hybridized carbons (Fsp3) is 0.500. The van der Waals surface area contributed by atoms with Crippen LogP contribution in [-0.4, -0.2) is 37.4 Å². The van der Waals surface area contributed by atoms with Crippen LogP contribution >= 0.6 is 22.6 Å². The van der Waals surface area contributed by atoms with Gasteiger partial charge in [0.1, 0.15) is 0 Å². The lowest BCUT2D eigenvalue weighted by Crippen LogP contribution is -2.28. The Kier molecular flexibility index (Phi) is 5.38. The third kappa shape index (κ3) is 3.84. The normalized spacial score (nSPS) is 10.9. The summed E-state index contributed by atoms with van der Waals surface area (Å²) in [7, 11) is 1.83. The Morgan fingerprint density at radius 3 is 2.76 bits per heavy atom.